The van der Waals surface area contributed by atoms with Crippen molar-refractivity contribution in [1.29, 1.82) is 0 Å². The minimum Gasteiger partial charge on any atom is -0.313 e. The van der Waals surface area contributed by atoms with Gasteiger partial charge in [0.05, 0.1) is 0 Å². The maximum Gasteiger partial charge on any atom is 0.0438 e. The van der Waals surface area contributed by atoms with Gasteiger partial charge in [-0.25, -0.2) is 0 Å². The van der Waals surface area contributed by atoms with Gasteiger partial charge in [0.2, 0.25) is 0 Å². The molecule has 1 N–H and O–H groups in total. The van der Waals surface area contributed by atoms with Crippen LogP contribution in [-0.4, -0.2) is 7.05 Å². The first kappa shape index (κ1) is 16.1. The third kappa shape index (κ3) is 4.09. The fourth-order valence-electron chi connectivity index (χ4n) is 2.49. The number of hydrogen-bond acceptors (Lipinski definition) is 1. The van der Waals surface area contributed by atoms with Crippen molar-refractivity contribution in [1.82, 2.24) is 5.32 Å². The number of halogens is 1. The molecular formula is C19H24ClN. The Bertz CT molecular complexity index is 581. The van der Waals surface area contributed by atoms with Crippen molar-refractivity contribution in [2.45, 2.75) is 38.6 Å². The molecule has 0 saturated carbocycles. The standard InChI is InChI=1S/C19H24ClN/c1-19(2,3)16-11-9-14(10-12-16)18(21-4)13-15-7-5-6-8-17(15)20/h5-12,18,21H,13H2,1-4H3. The van der Waals surface area contributed by atoms with Crippen LogP contribution >= 0.6 is 11.6 Å². The van der Waals surface area contributed by atoms with Crippen molar-refractivity contribution >= 4 is 11.6 Å². The first-order valence-electron chi connectivity index (χ1n) is 7.43. The summed E-state index contributed by atoms with van der Waals surface area (Å²) in [5.41, 5.74) is 4.03. The van der Waals surface area contributed by atoms with E-state index in [2.05, 4.69) is 56.4 Å². The maximum absolute atomic E-state index is 6.27. The van der Waals surface area contributed by atoms with Crippen molar-refractivity contribution in [3.63, 3.8) is 0 Å². The van der Waals surface area contributed by atoms with E-state index in [-0.39, 0.29) is 11.5 Å². The van der Waals surface area contributed by atoms with Crippen LogP contribution in [0.4, 0.5) is 0 Å². The molecule has 2 heteroatoms. The molecule has 2 aromatic rings. The molecule has 112 valence electrons. The molecule has 0 aliphatic carbocycles. The summed E-state index contributed by atoms with van der Waals surface area (Å²) in [4.78, 5) is 0. The van der Waals surface area contributed by atoms with Crippen molar-refractivity contribution in [2.24, 2.45) is 0 Å². The van der Waals surface area contributed by atoms with Gasteiger partial charge in [0.25, 0.3) is 0 Å². The Morgan fingerprint density at radius 1 is 1.00 bits per heavy atom. The zero-order valence-corrected chi connectivity index (χ0v) is 14.0. The molecule has 0 aliphatic heterocycles. The summed E-state index contributed by atoms with van der Waals surface area (Å²) < 4.78 is 0. The van der Waals surface area contributed by atoms with E-state index in [1.807, 2.05) is 25.2 Å². The van der Waals surface area contributed by atoms with E-state index in [0.717, 1.165) is 11.4 Å². The molecule has 0 amide bonds. The lowest BCUT2D eigenvalue weighted by molar-refractivity contribution is 0.580. The van der Waals surface area contributed by atoms with E-state index >= 15 is 0 Å². The van der Waals surface area contributed by atoms with Gasteiger partial charge in [-0.2, -0.15) is 0 Å². The van der Waals surface area contributed by atoms with Crippen LogP contribution in [0.2, 0.25) is 5.02 Å². The summed E-state index contributed by atoms with van der Waals surface area (Å²) in [5, 5.41) is 4.23. The second-order valence-corrected chi connectivity index (χ2v) is 6.92. The largest absolute Gasteiger partial charge is 0.313 e. The molecular weight excluding hydrogens is 278 g/mol. The molecule has 0 fully saturated rings. The molecule has 21 heavy (non-hydrogen) atoms. The van der Waals surface area contributed by atoms with Gasteiger partial charge in [-0.3, -0.25) is 0 Å². The van der Waals surface area contributed by atoms with E-state index in [1.54, 1.807) is 0 Å². The number of rotatable bonds is 4. The number of benzene rings is 2. The molecule has 0 heterocycles. The summed E-state index contributed by atoms with van der Waals surface area (Å²) in [6.07, 6.45) is 0.894. The van der Waals surface area contributed by atoms with Gasteiger partial charge in [0.1, 0.15) is 0 Å². The highest BCUT2D eigenvalue weighted by molar-refractivity contribution is 6.31. The van der Waals surface area contributed by atoms with Gasteiger partial charge < -0.3 is 5.32 Å². The van der Waals surface area contributed by atoms with E-state index in [4.69, 9.17) is 11.6 Å². The highest BCUT2D eigenvalue weighted by Crippen LogP contribution is 2.26. The molecule has 0 aromatic heterocycles. The fraction of sp³-hybridized carbons (Fsp3) is 0.368. The SMILES string of the molecule is CNC(Cc1ccccc1Cl)c1ccc(C(C)(C)C)cc1. The molecule has 1 atom stereocenters. The average molecular weight is 302 g/mol. The Hall–Kier alpha value is -1.31. The van der Waals surface area contributed by atoms with Gasteiger partial charge in [-0.15, -0.1) is 0 Å². The Balaban J connectivity index is 2.20. The molecule has 2 aromatic carbocycles. The quantitative estimate of drug-likeness (QED) is 0.824. The molecule has 0 aliphatic rings. The first-order valence-corrected chi connectivity index (χ1v) is 7.80. The number of hydrogen-bond donors (Lipinski definition) is 1. The molecule has 0 bridgehead atoms. The summed E-state index contributed by atoms with van der Waals surface area (Å²) in [5.74, 6) is 0. The third-order valence-corrected chi connectivity index (χ3v) is 4.28. The van der Waals surface area contributed by atoms with Crippen molar-refractivity contribution in [3.05, 3.63) is 70.2 Å². The van der Waals surface area contributed by atoms with Gasteiger partial charge in [-0.1, -0.05) is 74.8 Å². The van der Waals surface area contributed by atoms with E-state index in [1.165, 1.54) is 16.7 Å². The van der Waals surface area contributed by atoms with Crippen LogP contribution < -0.4 is 5.32 Å². The topological polar surface area (TPSA) is 12.0 Å². The van der Waals surface area contributed by atoms with Gasteiger partial charge in [-0.05, 0) is 41.6 Å². The van der Waals surface area contributed by atoms with Crippen molar-refractivity contribution < 1.29 is 0 Å². The summed E-state index contributed by atoms with van der Waals surface area (Å²) in [6.45, 7) is 6.71. The van der Waals surface area contributed by atoms with E-state index in [0.29, 0.717) is 0 Å². The highest BCUT2D eigenvalue weighted by atomic mass is 35.5. The smallest absolute Gasteiger partial charge is 0.0438 e. The molecule has 1 unspecified atom stereocenters. The van der Waals surface area contributed by atoms with Gasteiger partial charge >= 0.3 is 0 Å². The Morgan fingerprint density at radius 3 is 2.14 bits per heavy atom. The van der Waals surface area contributed by atoms with E-state index < -0.39 is 0 Å². The maximum atomic E-state index is 6.27. The van der Waals surface area contributed by atoms with Gasteiger partial charge in [0.15, 0.2) is 0 Å². The average Bonchev–Trinajstić information content (AvgIpc) is 2.46. The van der Waals surface area contributed by atoms with Crippen LogP contribution in [0.25, 0.3) is 0 Å². The summed E-state index contributed by atoms with van der Waals surface area (Å²) >= 11 is 6.27. The zero-order chi connectivity index (χ0) is 15.5. The molecule has 0 saturated heterocycles. The predicted molar refractivity (Wildman–Crippen MR) is 92.1 cm³/mol. The minimum atomic E-state index is 0.191. The lowest BCUT2D eigenvalue weighted by Crippen LogP contribution is -2.19. The molecule has 0 spiro atoms. The normalized spacial score (nSPS) is 13.2. The first-order chi connectivity index (χ1) is 9.91. The zero-order valence-electron chi connectivity index (χ0n) is 13.3. The van der Waals surface area contributed by atoms with Crippen LogP contribution in [0.1, 0.15) is 43.5 Å². The van der Waals surface area contributed by atoms with E-state index in [9.17, 15) is 0 Å². The third-order valence-electron chi connectivity index (χ3n) is 3.91. The second-order valence-electron chi connectivity index (χ2n) is 6.51. The van der Waals surface area contributed by atoms with Crippen molar-refractivity contribution in [2.75, 3.05) is 7.05 Å². The highest BCUT2D eigenvalue weighted by Gasteiger charge is 2.16. The lowest BCUT2D eigenvalue weighted by Gasteiger charge is -2.22. The predicted octanol–water partition coefficient (Wildman–Crippen LogP) is 5.14. The Morgan fingerprint density at radius 2 is 1.62 bits per heavy atom. The second kappa shape index (κ2) is 6.64. The fourth-order valence-corrected chi connectivity index (χ4v) is 2.70. The van der Waals surface area contributed by atoms with Crippen LogP contribution in [0, 0.1) is 0 Å². The Kier molecular flexibility index (Phi) is 5.08. The summed E-state index contributed by atoms with van der Waals surface area (Å²) in [6, 6.07) is 17.2. The van der Waals surface area contributed by atoms with Gasteiger partial charge in [0, 0.05) is 11.1 Å². The number of likely N-dealkylation sites (N-methyl/N-ethyl adjacent to an activating group) is 1. The van der Waals surface area contributed by atoms with Crippen LogP contribution in [-0.2, 0) is 11.8 Å². The molecule has 2 rings (SSSR count). The molecule has 1 nitrogen and oxygen atoms in total. The van der Waals surface area contributed by atoms with Crippen LogP contribution in [0.15, 0.2) is 48.5 Å². The van der Waals surface area contributed by atoms with Crippen molar-refractivity contribution in [3.8, 4) is 0 Å². The van der Waals surface area contributed by atoms with Crippen LogP contribution in [0.3, 0.4) is 0 Å². The molecule has 0 radical (unpaired) electrons. The monoisotopic (exact) mass is 301 g/mol. The Labute approximate surface area is 133 Å². The minimum absolute atomic E-state index is 0.191. The number of nitrogens with one attached hydrogen (secondary N) is 1. The van der Waals surface area contributed by atoms with Crippen LogP contribution in [0.5, 0.6) is 0 Å². The lowest BCUT2D eigenvalue weighted by atomic mass is 9.86. The summed E-state index contributed by atoms with van der Waals surface area (Å²) in [7, 11) is 2.00.